The Hall–Kier alpha value is -5.02. The topological polar surface area (TPSA) is 119 Å². The zero-order valence-electron chi connectivity index (χ0n) is 27.5. The summed E-state index contributed by atoms with van der Waals surface area (Å²) in [6.07, 6.45) is 7.66. The number of rotatable bonds is 11. The van der Waals surface area contributed by atoms with Crippen LogP contribution in [0.15, 0.2) is 72.8 Å². The molecule has 5 rings (SSSR count). The zero-order chi connectivity index (χ0) is 34.4. The van der Waals surface area contributed by atoms with Gasteiger partial charge < -0.3 is 19.9 Å². The van der Waals surface area contributed by atoms with Crippen molar-refractivity contribution < 1.29 is 33.8 Å². The molecule has 3 aromatic carbocycles. The van der Waals surface area contributed by atoms with E-state index in [2.05, 4.69) is 19.2 Å². The number of amides is 1. The van der Waals surface area contributed by atoms with Gasteiger partial charge >= 0.3 is 17.9 Å². The maximum absolute atomic E-state index is 13.1. The Morgan fingerprint density at radius 1 is 0.875 bits per heavy atom. The average molecular weight is 666 g/mol. The Kier molecular flexibility index (Phi) is 10.9. The van der Waals surface area contributed by atoms with Crippen molar-refractivity contribution in [1.29, 1.82) is 0 Å². The first-order valence-corrected chi connectivity index (χ1v) is 16.9. The number of fused-ring (bicyclic) bond motifs is 1. The summed E-state index contributed by atoms with van der Waals surface area (Å²) in [6, 6.07) is 18.4. The third-order valence-corrected chi connectivity index (χ3v) is 9.79. The highest BCUT2D eigenvalue weighted by atomic mass is 32.1. The van der Waals surface area contributed by atoms with E-state index in [0.29, 0.717) is 39.9 Å². The van der Waals surface area contributed by atoms with Gasteiger partial charge in [-0.1, -0.05) is 68.1 Å². The number of benzene rings is 3. The summed E-state index contributed by atoms with van der Waals surface area (Å²) < 4.78 is 11.3. The van der Waals surface area contributed by atoms with Crippen molar-refractivity contribution in [3.63, 3.8) is 0 Å². The fourth-order valence-corrected chi connectivity index (χ4v) is 7.12. The molecule has 0 bridgehead atoms. The molecular weight excluding hydrogens is 626 g/mol. The average Bonchev–Trinajstić information content (AvgIpc) is 3.40. The summed E-state index contributed by atoms with van der Waals surface area (Å²) in [5.41, 5.74) is 4.10. The molecule has 1 aromatic heterocycles. The number of carbonyl (C=O) groups is 4. The van der Waals surface area contributed by atoms with Gasteiger partial charge in [0, 0.05) is 11.0 Å². The van der Waals surface area contributed by atoms with Gasteiger partial charge in [-0.3, -0.25) is 4.79 Å². The number of hydrogen-bond donors (Lipinski definition) is 2. The van der Waals surface area contributed by atoms with Crippen LogP contribution in [0.2, 0.25) is 0 Å². The Bertz CT molecular complexity index is 1850. The van der Waals surface area contributed by atoms with Crippen LogP contribution in [0.25, 0.3) is 6.08 Å². The lowest BCUT2D eigenvalue weighted by molar-refractivity contribution is -0.111. The lowest BCUT2D eigenvalue weighted by atomic mass is 9.77. The van der Waals surface area contributed by atoms with Crippen molar-refractivity contribution in [1.82, 2.24) is 0 Å². The van der Waals surface area contributed by atoms with Gasteiger partial charge in [-0.2, -0.15) is 0 Å². The molecule has 0 spiro atoms. The molecule has 0 radical (unpaired) electrons. The number of esters is 2. The van der Waals surface area contributed by atoms with Gasteiger partial charge in [0.1, 0.15) is 5.00 Å². The van der Waals surface area contributed by atoms with Gasteiger partial charge in [0.05, 0.1) is 16.7 Å². The molecule has 0 saturated heterocycles. The smallest absolute Gasteiger partial charge is 0.343 e. The second kappa shape index (κ2) is 15.3. The Morgan fingerprint density at radius 2 is 1.48 bits per heavy atom. The molecule has 2 N–H and O–H groups in total. The monoisotopic (exact) mass is 665 g/mol. The summed E-state index contributed by atoms with van der Waals surface area (Å²) in [5, 5.41) is 13.2. The largest absolute Gasteiger partial charge is 0.478 e. The lowest BCUT2D eigenvalue weighted by Gasteiger charge is -2.29. The SMILES string of the molecule is CCCCC1Cc2sc(NC(=O)/C=C/c3ccc(OC(=O)c4ccc(C)cc4)c(OC(=O)c4ccc(C)cc4)c3)c(C(=O)O)c2CC1C. The first kappa shape index (κ1) is 34.3. The Balaban J connectivity index is 1.36. The summed E-state index contributed by atoms with van der Waals surface area (Å²) in [6.45, 7) is 8.16. The molecular formula is C39H39NO7S. The Labute approximate surface area is 284 Å². The zero-order valence-corrected chi connectivity index (χ0v) is 28.3. The first-order valence-electron chi connectivity index (χ1n) is 16.1. The van der Waals surface area contributed by atoms with Crippen LogP contribution in [-0.4, -0.2) is 28.9 Å². The third kappa shape index (κ3) is 8.27. The second-order valence-electron chi connectivity index (χ2n) is 12.3. The van der Waals surface area contributed by atoms with Crippen molar-refractivity contribution in [2.24, 2.45) is 11.8 Å². The molecule has 2 unspecified atom stereocenters. The van der Waals surface area contributed by atoms with Crippen molar-refractivity contribution >= 4 is 46.2 Å². The first-order chi connectivity index (χ1) is 23.0. The van der Waals surface area contributed by atoms with Gasteiger partial charge in [-0.25, -0.2) is 14.4 Å². The normalized spacial score (nSPS) is 15.5. The number of nitrogens with one attached hydrogen (secondary N) is 1. The number of aromatic carboxylic acids is 1. The highest BCUT2D eigenvalue weighted by Gasteiger charge is 2.32. The van der Waals surface area contributed by atoms with Crippen LogP contribution >= 0.6 is 11.3 Å². The van der Waals surface area contributed by atoms with E-state index in [4.69, 9.17) is 9.47 Å². The number of unbranched alkanes of at least 4 members (excludes halogenated alkanes) is 1. The fraction of sp³-hybridized carbons (Fsp3) is 0.282. The van der Waals surface area contributed by atoms with E-state index in [9.17, 15) is 24.3 Å². The van der Waals surface area contributed by atoms with E-state index in [1.807, 2.05) is 13.8 Å². The third-order valence-electron chi connectivity index (χ3n) is 8.62. The number of aryl methyl sites for hydroxylation is 2. The molecule has 2 atom stereocenters. The molecule has 48 heavy (non-hydrogen) atoms. The van der Waals surface area contributed by atoms with Gasteiger partial charge in [0.25, 0.3) is 0 Å². The van der Waals surface area contributed by atoms with Gasteiger partial charge in [0.2, 0.25) is 5.91 Å². The standard InChI is InChI=1S/C39H39NO7S/c1-5-6-7-29-22-33-30(20-25(29)4)35(37(42)43)36(48-33)40-34(41)19-13-26-12-18-31(46-38(44)27-14-8-23(2)9-15-27)32(21-26)47-39(45)28-16-10-24(3)11-17-28/h8-19,21,25,29H,5-7,20,22H2,1-4H3,(H,40,41)(H,42,43)/b19-13+. The minimum absolute atomic E-state index is 0.00515. The summed E-state index contributed by atoms with van der Waals surface area (Å²) in [5.74, 6) is -1.93. The van der Waals surface area contributed by atoms with E-state index in [1.165, 1.54) is 35.6 Å². The Morgan fingerprint density at radius 3 is 2.06 bits per heavy atom. The number of carboxylic acids is 1. The van der Waals surface area contributed by atoms with E-state index < -0.39 is 23.8 Å². The molecule has 1 aliphatic carbocycles. The van der Waals surface area contributed by atoms with E-state index in [-0.39, 0.29) is 17.1 Å². The molecule has 0 aliphatic heterocycles. The predicted molar refractivity (Wildman–Crippen MR) is 187 cm³/mol. The van der Waals surface area contributed by atoms with Gasteiger partial charge in [-0.05, 0) is 98.5 Å². The minimum Gasteiger partial charge on any atom is -0.478 e. The van der Waals surface area contributed by atoms with Crippen LogP contribution in [0, 0.1) is 25.7 Å². The molecule has 1 amide bonds. The van der Waals surface area contributed by atoms with Crippen molar-refractivity contribution in [2.75, 3.05) is 5.32 Å². The number of ether oxygens (including phenoxy) is 2. The van der Waals surface area contributed by atoms with Crippen molar-refractivity contribution in [3.05, 3.63) is 117 Å². The minimum atomic E-state index is -1.05. The molecule has 248 valence electrons. The maximum Gasteiger partial charge on any atom is 0.343 e. The second-order valence-corrected chi connectivity index (χ2v) is 13.4. The summed E-state index contributed by atoms with van der Waals surface area (Å²) in [7, 11) is 0. The van der Waals surface area contributed by atoms with E-state index in [1.54, 1.807) is 54.6 Å². The number of hydrogen-bond acceptors (Lipinski definition) is 7. The van der Waals surface area contributed by atoms with Gasteiger partial charge in [0.15, 0.2) is 11.5 Å². The molecule has 4 aromatic rings. The molecule has 0 fully saturated rings. The number of thiophene rings is 1. The van der Waals surface area contributed by atoms with Crippen molar-refractivity contribution in [2.45, 2.75) is 59.8 Å². The van der Waals surface area contributed by atoms with Crippen LogP contribution in [0.4, 0.5) is 5.00 Å². The van der Waals surface area contributed by atoms with Crippen LogP contribution < -0.4 is 14.8 Å². The maximum atomic E-state index is 13.1. The highest BCUT2D eigenvalue weighted by Crippen LogP contribution is 2.43. The van der Waals surface area contributed by atoms with E-state index >= 15 is 0 Å². The summed E-state index contributed by atoms with van der Waals surface area (Å²) >= 11 is 1.34. The molecule has 8 nitrogen and oxygen atoms in total. The molecule has 9 heteroatoms. The molecule has 0 saturated carbocycles. The fourth-order valence-electron chi connectivity index (χ4n) is 5.80. The quantitative estimate of drug-likeness (QED) is 0.0935. The van der Waals surface area contributed by atoms with Crippen LogP contribution in [0.3, 0.4) is 0 Å². The summed E-state index contributed by atoms with van der Waals surface area (Å²) in [4.78, 5) is 52.3. The van der Waals surface area contributed by atoms with Crippen LogP contribution in [0.5, 0.6) is 11.5 Å². The molecule has 1 heterocycles. The van der Waals surface area contributed by atoms with Crippen LogP contribution in [-0.2, 0) is 17.6 Å². The van der Waals surface area contributed by atoms with Crippen molar-refractivity contribution in [3.8, 4) is 11.5 Å². The lowest BCUT2D eigenvalue weighted by Crippen LogP contribution is -2.23. The number of carboxylic acid groups (broad SMARTS) is 1. The van der Waals surface area contributed by atoms with Gasteiger partial charge in [-0.15, -0.1) is 11.3 Å². The molecule has 1 aliphatic rings. The van der Waals surface area contributed by atoms with Crippen LogP contribution in [0.1, 0.15) is 91.3 Å². The van der Waals surface area contributed by atoms with E-state index in [0.717, 1.165) is 47.3 Å². The number of carbonyl (C=O) groups excluding carboxylic acids is 3. The highest BCUT2D eigenvalue weighted by molar-refractivity contribution is 7.17. The predicted octanol–water partition coefficient (Wildman–Crippen LogP) is 8.69. The number of anilines is 1.